The molecule has 0 spiro atoms. The summed E-state index contributed by atoms with van der Waals surface area (Å²) in [5.41, 5.74) is 0.876. The number of cyclic esters (lactones) is 1. The minimum atomic E-state index is -0.774. The predicted molar refractivity (Wildman–Crippen MR) is 108 cm³/mol. The van der Waals surface area contributed by atoms with Crippen molar-refractivity contribution < 1.29 is 23.5 Å². The number of halogens is 2. The third-order valence-electron chi connectivity index (χ3n) is 4.46. The van der Waals surface area contributed by atoms with E-state index in [1.54, 1.807) is 36.4 Å². The van der Waals surface area contributed by atoms with Gasteiger partial charge >= 0.3 is 12.1 Å². The van der Waals surface area contributed by atoms with E-state index in [-0.39, 0.29) is 24.4 Å². The Bertz CT molecular complexity index is 894. The second-order valence-corrected chi connectivity index (χ2v) is 8.63. The Kier molecular flexibility index (Phi) is 6.13. The highest BCUT2D eigenvalue weighted by molar-refractivity contribution is 6.30. The van der Waals surface area contributed by atoms with Gasteiger partial charge in [-0.05, 0) is 47.4 Å². The van der Waals surface area contributed by atoms with Crippen LogP contribution in [-0.2, 0) is 14.3 Å². The Hall–Kier alpha value is -2.60. The van der Waals surface area contributed by atoms with Crippen molar-refractivity contribution in [1.82, 2.24) is 0 Å². The molecule has 7 heteroatoms. The zero-order chi connectivity index (χ0) is 21.2. The van der Waals surface area contributed by atoms with E-state index in [0.29, 0.717) is 16.3 Å². The van der Waals surface area contributed by atoms with Crippen LogP contribution >= 0.6 is 11.6 Å². The normalized spacial score (nSPS) is 19.2. The zero-order valence-corrected chi connectivity index (χ0v) is 17.3. The SMILES string of the molecule is CC(C)(C)CC(=O)OC[C@@H]1OC(=O)N(c2ccc(Cl)cc2)[C@H]1c1cccc(F)c1. The van der Waals surface area contributed by atoms with Gasteiger partial charge in [0, 0.05) is 10.7 Å². The first-order valence-corrected chi connectivity index (χ1v) is 9.68. The van der Waals surface area contributed by atoms with Gasteiger partial charge in [0.1, 0.15) is 18.5 Å². The van der Waals surface area contributed by atoms with Crippen molar-refractivity contribution in [3.63, 3.8) is 0 Å². The summed E-state index contributed by atoms with van der Waals surface area (Å²) in [4.78, 5) is 26.2. The summed E-state index contributed by atoms with van der Waals surface area (Å²) in [6.45, 7) is 5.68. The van der Waals surface area contributed by atoms with Crippen molar-refractivity contribution in [2.24, 2.45) is 5.41 Å². The number of rotatable bonds is 5. The molecule has 0 N–H and O–H groups in total. The van der Waals surface area contributed by atoms with Crippen LogP contribution in [-0.4, -0.2) is 24.8 Å². The molecule has 5 nitrogen and oxygen atoms in total. The minimum absolute atomic E-state index is 0.119. The highest BCUT2D eigenvalue weighted by Gasteiger charge is 2.44. The third kappa shape index (κ3) is 5.26. The molecule has 0 bridgehead atoms. The molecule has 1 aliphatic heterocycles. The monoisotopic (exact) mass is 419 g/mol. The lowest BCUT2D eigenvalue weighted by atomic mass is 9.92. The first-order chi connectivity index (χ1) is 13.6. The number of nitrogens with zero attached hydrogens (tertiary/aromatic N) is 1. The van der Waals surface area contributed by atoms with Crippen molar-refractivity contribution in [2.45, 2.75) is 39.3 Å². The van der Waals surface area contributed by atoms with Gasteiger partial charge in [-0.15, -0.1) is 0 Å². The van der Waals surface area contributed by atoms with Gasteiger partial charge in [0.2, 0.25) is 0 Å². The lowest BCUT2D eigenvalue weighted by Crippen LogP contribution is -2.32. The van der Waals surface area contributed by atoms with Gasteiger partial charge in [0.25, 0.3) is 0 Å². The summed E-state index contributed by atoms with van der Waals surface area (Å²) in [7, 11) is 0. The van der Waals surface area contributed by atoms with Crippen molar-refractivity contribution in [2.75, 3.05) is 11.5 Å². The fourth-order valence-corrected chi connectivity index (χ4v) is 3.36. The Morgan fingerprint density at radius 3 is 2.52 bits per heavy atom. The molecular formula is C22H23ClFNO4. The molecule has 1 heterocycles. The number of ether oxygens (including phenoxy) is 2. The lowest BCUT2D eigenvalue weighted by Gasteiger charge is -2.25. The Morgan fingerprint density at radius 1 is 1.21 bits per heavy atom. The molecule has 0 aliphatic carbocycles. The van der Waals surface area contributed by atoms with Gasteiger partial charge in [-0.1, -0.05) is 44.5 Å². The maximum atomic E-state index is 13.9. The molecule has 3 rings (SSSR count). The molecule has 1 amide bonds. The highest BCUT2D eigenvalue weighted by Crippen LogP contribution is 2.38. The second kappa shape index (κ2) is 8.41. The fourth-order valence-electron chi connectivity index (χ4n) is 3.24. The smallest absolute Gasteiger partial charge is 0.415 e. The standard InChI is InChI=1S/C22H23ClFNO4/c1-22(2,3)12-19(26)28-13-18-20(14-5-4-6-16(24)11-14)25(21(27)29-18)17-9-7-15(23)8-10-17/h4-11,18,20H,12-13H2,1-3H3/t18-,20-/m0/s1. The van der Waals surface area contributed by atoms with Crippen molar-refractivity contribution in [1.29, 1.82) is 0 Å². The van der Waals surface area contributed by atoms with Crippen LogP contribution in [0.4, 0.5) is 14.9 Å². The maximum absolute atomic E-state index is 13.9. The molecule has 2 aromatic rings. The lowest BCUT2D eigenvalue weighted by molar-refractivity contribution is -0.148. The number of hydrogen-bond donors (Lipinski definition) is 0. The molecule has 0 saturated carbocycles. The largest absolute Gasteiger partial charge is 0.462 e. The molecule has 2 aromatic carbocycles. The predicted octanol–water partition coefficient (Wildman–Crippen LogP) is 5.53. The van der Waals surface area contributed by atoms with E-state index in [1.807, 2.05) is 20.8 Å². The third-order valence-corrected chi connectivity index (χ3v) is 4.71. The number of amides is 1. The van der Waals surface area contributed by atoms with E-state index in [1.165, 1.54) is 17.0 Å². The second-order valence-electron chi connectivity index (χ2n) is 8.19. The zero-order valence-electron chi connectivity index (χ0n) is 16.5. The van der Waals surface area contributed by atoms with Crippen LogP contribution in [0.25, 0.3) is 0 Å². The fraction of sp³-hybridized carbons (Fsp3) is 0.364. The number of carbonyl (C=O) groups excluding carboxylic acids is 2. The first-order valence-electron chi connectivity index (χ1n) is 9.30. The summed E-state index contributed by atoms with van der Waals surface area (Å²) in [5.74, 6) is -0.808. The van der Waals surface area contributed by atoms with Crippen LogP contribution in [0, 0.1) is 11.2 Å². The Balaban J connectivity index is 1.88. The van der Waals surface area contributed by atoms with Gasteiger partial charge < -0.3 is 9.47 Å². The van der Waals surface area contributed by atoms with E-state index in [4.69, 9.17) is 21.1 Å². The van der Waals surface area contributed by atoms with Crippen LogP contribution in [0.1, 0.15) is 38.8 Å². The maximum Gasteiger partial charge on any atom is 0.415 e. The molecule has 0 unspecified atom stereocenters. The van der Waals surface area contributed by atoms with Gasteiger partial charge in [-0.2, -0.15) is 0 Å². The summed E-state index contributed by atoms with van der Waals surface area (Å²) in [6.07, 6.45) is -1.14. The van der Waals surface area contributed by atoms with Crippen LogP contribution in [0.3, 0.4) is 0 Å². The molecule has 2 atom stereocenters. The topological polar surface area (TPSA) is 55.8 Å². The van der Waals surface area contributed by atoms with Crippen molar-refractivity contribution in [3.05, 3.63) is 64.9 Å². The summed E-state index contributed by atoms with van der Waals surface area (Å²) >= 11 is 5.95. The molecule has 1 aliphatic rings. The molecular weight excluding hydrogens is 397 g/mol. The minimum Gasteiger partial charge on any atom is -0.462 e. The number of hydrogen-bond acceptors (Lipinski definition) is 4. The van der Waals surface area contributed by atoms with Crippen LogP contribution in [0.5, 0.6) is 0 Å². The molecule has 29 heavy (non-hydrogen) atoms. The molecule has 154 valence electrons. The van der Waals surface area contributed by atoms with Crippen LogP contribution < -0.4 is 4.90 Å². The first kappa shape index (κ1) is 21.1. The van der Waals surface area contributed by atoms with Gasteiger partial charge in [-0.3, -0.25) is 9.69 Å². The number of carbonyl (C=O) groups is 2. The van der Waals surface area contributed by atoms with E-state index in [0.717, 1.165) is 0 Å². The van der Waals surface area contributed by atoms with Crippen molar-refractivity contribution >= 4 is 29.4 Å². The van der Waals surface area contributed by atoms with Crippen LogP contribution in [0.15, 0.2) is 48.5 Å². The van der Waals surface area contributed by atoms with E-state index in [9.17, 15) is 14.0 Å². The summed E-state index contributed by atoms with van der Waals surface area (Å²) in [6, 6.07) is 12.0. The van der Waals surface area contributed by atoms with E-state index >= 15 is 0 Å². The molecule has 1 saturated heterocycles. The van der Waals surface area contributed by atoms with Gasteiger partial charge in [0.15, 0.2) is 6.10 Å². The molecule has 1 fully saturated rings. The Labute approximate surface area is 174 Å². The summed E-state index contributed by atoms with van der Waals surface area (Å²) < 4.78 is 24.8. The van der Waals surface area contributed by atoms with Gasteiger partial charge in [0.05, 0.1) is 6.42 Å². The highest BCUT2D eigenvalue weighted by atomic mass is 35.5. The average Bonchev–Trinajstić information content (AvgIpc) is 2.95. The number of anilines is 1. The van der Waals surface area contributed by atoms with E-state index in [2.05, 4.69) is 0 Å². The average molecular weight is 420 g/mol. The van der Waals surface area contributed by atoms with Crippen molar-refractivity contribution in [3.8, 4) is 0 Å². The number of benzene rings is 2. The molecule has 0 aromatic heterocycles. The van der Waals surface area contributed by atoms with Gasteiger partial charge in [-0.25, -0.2) is 9.18 Å². The van der Waals surface area contributed by atoms with E-state index < -0.39 is 24.1 Å². The molecule has 0 radical (unpaired) electrons. The van der Waals surface area contributed by atoms with Crippen LogP contribution in [0.2, 0.25) is 5.02 Å². The summed E-state index contributed by atoms with van der Waals surface area (Å²) in [5, 5.41) is 0.524. The number of esters is 1. The Morgan fingerprint density at radius 2 is 1.90 bits per heavy atom. The quantitative estimate of drug-likeness (QED) is 0.598.